The van der Waals surface area contributed by atoms with Crippen LogP contribution in [0, 0.1) is 6.92 Å². The lowest BCUT2D eigenvalue weighted by molar-refractivity contribution is 0.851. The molecule has 0 amide bonds. The zero-order chi connectivity index (χ0) is 21.2. The first-order valence-corrected chi connectivity index (χ1v) is 9.91. The number of nitrogens with one attached hydrogen (secondary N) is 1. The first-order valence-electron chi connectivity index (χ1n) is 9.91. The predicted octanol–water partition coefficient (Wildman–Crippen LogP) is 3.65. The van der Waals surface area contributed by atoms with E-state index >= 15 is 0 Å². The van der Waals surface area contributed by atoms with Crippen LogP contribution >= 0.6 is 0 Å². The van der Waals surface area contributed by atoms with Gasteiger partial charge in [-0.15, -0.1) is 15.3 Å². The van der Waals surface area contributed by atoms with Gasteiger partial charge in [0.15, 0.2) is 5.82 Å². The molecule has 5 aromatic rings. The Morgan fingerprint density at radius 3 is 2.61 bits per heavy atom. The highest BCUT2D eigenvalue weighted by Crippen LogP contribution is 2.22. The van der Waals surface area contributed by atoms with Crippen LogP contribution in [0.1, 0.15) is 18.2 Å². The van der Waals surface area contributed by atoms with Gasteiger partial charge in [-0.25, -0.2) is 9.97 Å². The molecule has 9 nitrogen and oxygen atoms in total. The Morgan fingerprint density at radius 2 is 1.84 bits per heavy atom. The fourth-order valence-corrected chi connectivity index (χ4v) is 3.22. The molecule has 0 fully saturated rings. The molecule has 0 spiro atoms. The van der Waals surface area contributed by atoms with Crippen molar-refractivity contribution in [2.24, 2.45) is 0 Å². The summed E-state index contributed by atoms with van der Waals surface area (Å²) in [5.74, 6) is 1.45. The van der Waals surface area contributed by atoms with E-state index in [1.807, 2.05) is 31.2 Å². The van der Waals surface area contributed by atoms with E-state index in [0.717, 1.165) is 23.4 Å². The van der Waals surface area contributed by atoms with Crippen LogP contribution in [0.25, 0.3) is 28.6 Å². The molecular formula is C22H19N9. The third-order valence-electron chi connectivity index (χ3n) is 4.93. The molecule has 1 N–H and O–H groups in total. The van der Waals surface area contributed by atoms with Gasteiger partial charge in [-0.3, -0.25) is 4.98 Å². The van der Waals surface area contributed by atoms with Gasteiger partial charge in [0.05, 0.1) is 11.4 Å². The maximum absolute atomic E-state index is 4.62. The van der Waals surface area contributed by atoms with Crippen LogP contribution in [-0.4, -0.2) is 39.7 Å². The van der Waals surface area contributed by atoms with Gasteiger partial charge >= 0.3 is 0 Å². The number of benzene rings is 1. The molecule has 0 saturated heterocycles. The maximum Gasteiger partial charge on any atom is 0.272 e. The van der Waals surface area contributed by atoms with E-state index in [1.54, 1.807) is 29.2 Å². The molecule has 4 heterocycles. The minimum atomic E-state index is 0.420. The molecule has 4 aromatic heterocycles. The molecule has 0 aliphatic rings. The Kier molecular flexibility index (Phi) is 4.75. The SMILES string of the molecule is CCc1ccc(Nc2nccc(-c3nnc4nc(-c5cccnc5)nn4c3C)n2)cc1. The maximum atomic E-state index is 4.62. The fraction of sp³-hybridized carbons (Fsp3) is 0.136. The zero-order valence-corrected chi connectivity index (χ0v) is 17.1. The normalized spacial score (nSPS) is 11.0. The third kappa shape index (κ3) is 3.68. The van der Waals surface area contributed by atoms with Crippen molar-refractivity contribution in [3.8, 4) is 22.8 Å². The number of pyridine rings is 1. The van der Waals surface area contributed by atoms with Crippen molar-refractivity contribution < 1.29 is 0 Å². The highest BCUT2D eigenvalue weighted by atomic mass is 15.4. The largest absolute Gasteiger partial charge is 0.324 e. The quantitative estimate of drug-likeness (QED) is 0.469. The predicted molar refractivity (Wildman–Crippen MR) is 117 cm³/mol. The Balaban J connectivity index is 1.48. The molecule has 152 valence electrons. The van der Waals surface area contributed by atoms with Crippen molar-refractivity contribution in [1.29, 1.82) is 0 Å². The first-order chi connectivity index (χ1) is 15.2. The van der Waals surface area contributed by atoms with E-state index in [-0.39, 0.29) is 0 Å². The van der Waals surface area contributed by atoms with Gasteiger partial charge in [0.25, 0.3) is 5.78 Å². The number of hydrogen-bond donors (Lipinski definition) is 1. The monoisotopic (exact) mass is 409 g/mol. The average molecular weight is 409 g/mol. The molecule has 5 rings (SSSR count). The van der Waals surface area contributed by atoms with E-state index in [9.17, 15) is 0 Å². The highest BCUT2D eigenvalue weighted by molar-refractivity contribution is 5.62. The summed E-state index contributed by atoms with van der Waals surface area (Å²) in [6.07, 6.45) is 6.12. The van der Waals surface area contributed by atoms with Crippen LogP contribution in [0.5, 0.6) is 0 Å². The lowest BCUT2D eigenvalue weighted by Gasteiger charge is -2.08. The summed E-state index contributed by atoms with van der Waals surface area (Å²) in [6, 6.07) is 13.7. The molecule has 31 heavy (non-hydrogen) atoms. The van der Waals surface area contributed by atoms with Crippen molar-refractivity contribution in [1.82, 2.24) is 39.7 Å². The number of hydrogen-bond acceptors (Lipinski definition) is 8. The Morgan fingerprint density at radius 1 is 0.968 bits per heavy atom. The first kappa shape index (κ1) is 18.7. The number of aryl methyl sites for hydroxylation is 2. The van der Waals surface area contributed by atoms with Gasteiger partial charge in [-0.2, -0.15) is 9.50 Å². The molecule has 0 aliphatic heterocycles. The summed E-state index contributed by atoms with van der Waals surface area (Å²) in [4.78, 5) is 17.5. The van der Waals surface area contributed by atoms with Crippen LogP contribution in [0.2, 0.25) is 0 Å². The van der Waals surface area contributed by atoms with Crippen molar-refractivity contribution in [3.05, 3.63) is 72.3 Å². The van der Waals surface area contributed by atoms with Gasteiger partial charge in [0, 0.05) is 29.8 Å². The molecule has 0 radical (unpaired) electrons. The minimum Gasteiger partial charge on any atom is -0.324 e. The van der Waals surface area contributed by atoms with Crippen molar-refractivity contribution in [2.75, 3.05) is 5.32 Å². The molecule has 1 aromatic carbocycles. The number of fused-ring (bicyclic) bond motifs is 1. The lowest BCUT2D eigenvalue weighted by atomic mass is 10.1. The van der Waals surface area contributed by atoms with Crippen molar-refractivity contribution in [2.45, 2.75) is 20.3 Å². The summed E-state index contributed by atoms with van der Waals surface area (Å²) in [5.41, 5.74) is 5.05. The van der Waals surface area contributed by atoms with E-state index in [1.165, 1.54) is 5.56 Å². The van der Waals surface area contributed by atoms with Gasteiger partial charge in [-0.1, -0.05) is 19.1 Å². The molecule has 0 saturated carbocycles. The number of nitrogens with zero attached hydrogens (tertiary/aromatic N) is 8. The Hall–Kier alpha value is -4.27. The number of rotatable bonds is 5. The van der Waals surface area contributed by atoms with E-state index in [2.05, 4.69) is 59.6 Å². The van der Waals surface area contributed by atoms with Crippen LogP contribution in [0.4, 0.5) is 11.6 Å². The molecule has 0 atom stereocenters. The smallest absolute Gasteiger partial charge is 0.272 e. The number of anilines is 2. The average Bonchev–Trinajstić information content (AvgIpc) is 3.26. The molecular weight excluding hydrogens is 390 g/mol. The Labute approximate surface area is 178 Å². The summed E-state index contributed by atoms with van der Waals surface area (Å²) in [5, 5.41) is 16.4. The second-order valence-corrected chi connectivity index (χ2v) is 6.96. The van der Waals surface area contributed by atoms with Crippen LogP contribution in [-0.2, 0) is 6.42 Å². The topological polar surface area (TPSA) is 107 Å². The Bertz CT molecular complexity index is 1350. The lowest BCUT2D eigenvalue weighted by Crippen LogP contribution is -2.05. The fourth-order valence-electron chi connectivity index (χ4n) is 3.22. The second kappa shape index (κ2) is 7.86. The summed E-state index contributed by atoms with van der Waals surface area (Å²) in [7, 11) is 0. The second-order valence-electron chi connectivity index (χ2n) is 6.96. The van der Waals surface area contributed by atoms with Crippen LogP contribution < -0.4 is 5.32 Å². The zero-order valence-electron chi connectivity index (χ0n) is 17.1. The molecule has 0 bridgehead atoms. The standard InChI is InChI=1S/C22H19N9/c1-3-15-6-8-17(9-7-15)25-21-24-12-10-18(26-21)19-14(2)31-22(29-28-19)27-20(30-31)16-5-4-11-23-13-16/h4-13H,3H2,1-2H3,(H,24,25,26). The van der Waals surface area contributed by atoms with E-state index < -0.39 is 0 Å². The van der Waals surface area contributed by atoms with Crippen molar-refractivity contribution >= 4 is 17.4 Å². The van der Waals surface area contributed by atoms with E-state index in [4.69, 9.17) is 0 Å². The minimum absolute atomic E-state index is 0.420. The van der Waals surface area contributed by atoms with Crippen molar-refractivity contribution in [3.63, 3.8) is 0 Å². The third-order valence-corrected chi connectivity index (χ3v) is 4.93. The number of aromatic nitrogens is 8. The molecule has 0 aliphatic carbocycles. The van der Waals surface area contributed by atoms with Crippen LogP contribution in [0.3, 0.4) is 0 Å². The van der Waals surface area contributed by atoms with Gasteiger partial charge in [-0.05, 0) is 49.2 Å². The summed E-state index contributed by atoms with van der Waals surface area (Å²) >= 11 is 0. The summed E-state index contributed by atoms with van der Waals surface area (Å²) < 4.78 is 1.67. The van der Waals surface area contributed by atoms with Crippen LogP contribution in [0.15, 0.2) is 61.1 Å². The molecule has 0 unspecified atom stereocenters. The van der Waals surface area contributed by atoms with Gasteiger partial charge in [0.1, 0.15) is 5.69 Å². The molecule has 9 heteroatoms. The highest BCUT2D eigenvalue weighted by Gasteiger charge is 2.15. The van der Waals surface area contributed by atoms with Gasteiger partial charge < -0.3 is 5.32 Å². The van der Waals surface area contributed by atoms with E-state index in [0.29, 0.717) is 28.9 Å². The summed E-state index contributed by atoms with van der Waals surface area (Å²) in [6.45, 7) is 4.04. The van der Waals surface area contributed by atoms with Gasteiger partial charge in [0.2, 0.25) is 5.95 Å².